The molecule has 0 aliphatic heterocycles. The largest absolute Gasteiger partial charge is 0.467 e. The van der Waals surface area contributed by atoms with Crippen molar-refractivity contribution in [2.24, 2.45) is 0 Å². The standard InChI is InChI=1S/C21H14F3N5O/c22-21(23,24)14-6-3-5-13(11-14)18-20-26-19(25-12-15-7-4-10-30-15)16-8-1-2-9-17(16)29(20)28-27-18/h1-11H,12H2,(H,25,26). The third kappa shape index (κ3) is 3.14. The van der Waals surface area contributed by atoms with E-state index in [1.54, 1.807) is 18.4 Å². The number of rotatable bonds is 4. The molecule has 6 nitrogen and oxygen atoms in total. The van der Waals surface area contributed by atoms with Crippen molar-refractivity contribution in [2.75, 3.05) is 5.32 Å². The van der Waals surface area contributed by atoms with Crippen molar-refractivity contribution < 1.29 is 17.6 Å². The van der Waals surface area contributed by atoms with E-state index in [0.717, 1.165) is 28.8 Å². The lowest BCUT2D eigenvalue weighted by Gasteiger charge is -2.10. The number of furan rings is 1. The minimum absolute atomic E-state index is 0.271. The number of para-hydroxylation sites is 1. The Morgan fingerprint density at radius 2 is 1.87 bits per heavy atom. The van der Waals surface area contributed by atoms with Crippen LogP contribution in [-0.4, -0.2) is 19.8 Å². The van der Waals surface area contributed by atoms with Gasteiger partial charge in [0.1, 0.15) is 17.3 Å². The first kappa shape index (κ1) is 18.2. The van der Waals surface area contributed by atoms with Crippen molar-refractivity contribution in [3.63, 3.8) is 0 Å². The molecule has 0 saturated carbocycles. The fourth-order valence-corrected chi connectivity index (χ4v) is 3.31. The summed E-state index contributed by atoms with van der Waals surface area (Å²) in [5, 5.41) is 12.3. The second-order valence-corrected chi connectivity index (χ2v) is 6.66. The van der Waals surface area contributed by atoms with E-state index in [0.29, 0.717) is 23.6 Å². The molecule has 3 heterocycles. The van der Waals surface area contributed by atoms with Crippen LogP contribution >= 0.6 is 0 Å². The molecule has 0 aliphatic carbocycles. The van der Waals surface area contributed by atoms with Gasteiger partial charge in [0.25, 0.3) is 0 Å². The maximum Gasteiger partial charge on any atom is 0.416 e. The lowest BCUT2D eigenvalue weighted by atomic mass is 10.1. The Kier molecular flexibility index (Phi) is 4.16. The zero-order valence-corrected chi connectivity index (χ0v) is 15.4. The number of alkyl halides is 3. The summed E-state index contributed by atoms with van der Waals surface area (Å²) in [5.41, 5.74) is 0.899. The summed E-state index contributed by atoms with van der Waals surface area (Å²) in [6.07, 6.45) is -2.87. The molecule has 0 aliphatic rings. The van der Waals surface area contributed by atoms with Gasteiger partial charge in [0, 0.05) is 10.9 Å². The van der Waals surface area contributed by atoms with Crippen LogP contribution in [0.3, 0.4) is 0 Å². The molecule has 0 fully saturated rings. The quantitative estimate of drug-likeness (QED) is 0.444. The third-order valence-electron chi connectivity index (χ3n) is 4.73. The average molecular weight is 409 g/mol. The maximum atomic E-state index is 13.2. The van der Waals surface area contributed by atoms with Gasteiger partial charge in [-0.25, -0.2) is 4.98 Å². The molecule has 0 amide bonds. The topological polar surface area (TPSA) is 68.2 Å². The van der Waals surface area contributed by atoms with Crippen LogP contribution in [0.15, 0.2) is 71.3 Å². The highest BCUT2D eigenvalue weighted by atomic mass is 19.4. The van der Waals surface area contributed by atoms with Gasteiger partial charge in [0.15, 0.2) is 5.65 Å². The molecule has 0 unspecified atom stereocenters. The number of aromatic nitrogens is 4. The van der Waals surface area contributed by atoms with E-state index in [2.05, 4.69) is 20.6 Å². The Labute approximate surface area is 168 Å². The number of nitrogens with zero attached hydrogens (tertiary/aromatic N) is 4. The van der Waals surface area contributed by atoms with Crippen LogP contribution in [-0.2, 0) is 12.7 Å². The van der Waals surface area contributed by atoms with Gasteiger partial charge in [-0.1, -0.05) is 29.5 Å². The van der Waals surface area contributed by atoms with E-state index < -0.39 is 11.7 Å². The summed E-state index contributed by atoms with van der Waals surface area (Å²) in [7, 11) is 0. The second-order valence-electron chi connectivity index (χ2n) is 6.66. The molecular weight excluding hydrogens is 395 g/mol. The first-order chi connectivity index (χ1) is 14.5. The molecule has 0 radical (unpaired) electrons. The Bertz CT molecular complexity index is 1340. The minimum Gasteiger partial charge on any atom is -0.467 e. The highest BCUT2D eigenvalue weighted by Crippen LogP contribution is 2.33. The van der Waals surface area contributed by atoms with Crippen molar-refractivity contribution in [2.45, 2.75) is 12.7 Å². The number of nitrogens with one attached hydrogen (secondary N) is 1. The zero-order valence-electron chi connectivity index (χ0n) is 15.4. The van der Waals surface area contributed by atoms with Gasteiger partial charge in [-0.2, -0.15) is 17.7 Å². The Balaban J connectivity index is 1.66. The number of benzene rings is 2. The van der Waals surface area contributed by atoms with Crippen LogP contribution in [0.4, 0.5) is 19.0 Å². The molecular formula is C21H14F3N5O. The molecule has 0 spiro atoms. The van der Waals surface area contributed by atoms with Crippen LogP contribution in [0.2, 0.25) is 0 Å². The number of anilines is 1. The van der Waals surface area contributed by atoms with Crippen molar-refractivity contribution >= 4 is 22.4 Å². The summed E-state index contributed by atoms with van der Waals surface area (Å²) in [6, 6.07) is 16.1. The molecule has 30 heavy (non-hydrogen) atoms. The van der Waals surface area contributed by atoms with Crippen molar-refractivity contribution in [3.8, 4) is 11.3 Å². The molecule has 2 aromatic carbocycles. The molecule has 0 atom stereocenters. The van der Waals surface area contributed by atoms with Gasteiger partial charge >= 0.3 is 6.18 Å². The Morgan fingerprint density at radius 3 is 2.67 bits per heavy atom. The van der Waals surface area contributed by atoms with E-state index in [9.17, 15) is 13.2 Å². The minimum atomic E-state index is -4.45. The molecule has 5 aromatic rings. The fourth-order valence-electron chi connectivity index (χ4n) is 3.31. The summed E-state index contributed by atoms with van der Waals surface area (Å²) in [4.78, 5) is 4.63. The second kappa shape index (κ2) is 6.87. The number of hydrogen-bond acceptors (Lipinski definition) is 5. The normalized spacial score (nSPS) is 12.0. The SMILES string of the molecule is FC(F)(F)c1cccc(-c2nnn3c2nc(NCc2ccco2)c2ccccc23)c1. The summed E-state index contributed by atoms with van der Waals surface area (Å²) in [6.45, 7) is 0.403. The first-order valence-electron chi connectivity index (χ1n) is 9.09. The Hall–Kier alpha value is -3.88. The van der Waals surface area contributed by atoms with Gasteiger partial charge in [-0.3, -0.25) is 0 Å². The molecule has 150 valence electrons. The van der Waals surface area contributed by atoms with E-state index in [1.807, 2.05) is 30.3 Å². The van der Waals surface area contributed by atoms with Crippen LogP contribution < -0.4 is 5.32 Å². The molecule has 9 heteroatoms. The van der Waals surface area contributed by atoms with Crippen LogP contribution in [0.1, 0.15) is 11.3 Å². The van der Waals surface area contributed by atoms with E-state index in [4.69, 9.17) is 4.42 Å². The summed E-state index contributed by atoms with van der Waals surface area (Å²) in [5.74, 6) is 1.29. The molecule has 0 saturated heterocycles. The fraction of sp³-hybridized carbons (Fsp3) is 0.0952. The van der Waals surface area contributed by atoms with Crippen LogP contribution in [0.5, 0.6) is 0 Å². The Morgan fingerprint density at radius 1 is 1.00 bits per heavy atom. The van der Waals surface area contributed by atoms with Gasteiger partial charge in [0.05, 0.1) is 23.9 Å². The predicted octanol–water partition coefficient (Wildman–Crippen LogP) is 5.17. The van der Waals surface area contributed by atoms with Gasteiger partial charge in [-0.15, -0.1) is 5.10 Å². The number of hydrogen-bond donors (Lipinski definition) is 1. The highest BCUT2D eigenvalue weighted by Gasteiger charge is 2.31. The monoisotopic (exact) mass is 409 g/mol. The predicted molar refractivity (Wildman–Crippen MR) is 105 cm³/mol. The van der Waals surface area contributed by atoms with E-state index in [-0.39, 0.29) is 5.69 Å². The molecule has 0 bridgehead atoms. The molecule has 3 aromatic heterocycles. The van der Waals surface area contributed by atoms with Crippen LogP contribution in [0, 0.1) is 0 Å². The number of fused-ring (bicyclic) bond motifs is 3. The lowest BCUT2D eigenvalue weighted by molar-refractivity contribution is -0.137. The van der Waals surface area contributed by atoms with Gasteiger partial charge in [0.2, 0.25) is 0 Å². The lowest BCUT2D eigenvalue weighted by Crippen LogP contribution is -2.05. The molecule has 5 rings (SSSR count). The highest BCUT2D eigenvalue weighted by molar-refractivity contribution is 5.93. The van der Waals surface area contributed by atoms with Gasteiger partial charge in [-0.05, 0) is 36.4 Å². The van der Waals surface area contributed by atoms with E-state index >= 15 is 0 Å². The average Bonchev–Trinajstić information content (AvgIpc) is 3.41. The van der Waals surface area contributed by atoms with E-state index in [1.165, 1.54) is 10.6 Å². The third-order valence-corrected chi connectivity index (χ3v) is 4.73. The first-order valence-corrected chi connectivity index (χ1v) is 9.09. The zero-order chi connectivity index (χ0) is 20.7. The summed E-state index contributed by atoms with van der Waals surface area (Å²) < 4.78 is 46.3. The van der Waals surface area contributed by atoms with Crippen molar-refractivity contribution in [1.82, 2.24) is 19.8 Å². The van der Waals surface area contributed by atoms with Crippen molar-refractivity contribution in [3.05, 3.63) is 78.3 Å². The maximum absolute atomic E-state index is 13.2. The van der Waals surface area contributed by atoms with Crippen LogP contribution in [0.25, 0.3) is 27.8 Å². The van der Waals surface area contributed by atoms with Crippen molar-refractivity contribution in [1.29, 1.82) is 0 Å². The molecule has 1 N–H and O–H groups in total. The summed E-state index contributed by atoms with van der Waals surface area (Å²) >= 11 is 0. The smallest absolute Gasteiger partial charge is 0.416 e. The van der Waals surface area contributed by atoms with Gasteiger partial charge < -0.3 is 9.73 Å². The number of halogens is 3.